The second-order valence-corrected chi connectivity index (χ2v) is 5.76. The summed E-state index contributed by atoms with van der Waals surface area (Å²) in [6.45, 7) is 2.12. The topological polar surface area (TPSA) is 41.1 Å². The molecule has 1 aromatic rings. The van der Waals surface area contributed by atoms with E-state index in [4.69, 9.17) is 0 Å². The van der Waals surface area contributed by atoms with Crippen LogP contribution in [0.5, 0.6) is 0 Å². The molecule has 1 amide bonds. The van der Waals surface area contributed by atoms with E-state index in [2.05, 4.69) is 34.9 Å². The molecule has 2 aliphatic rings. The first-order chi connectivity index (χ1) is 9.33. The Balaban J connectivity index is 0.00000147. The molecule has 3 rings (SSSR count). The zero-order valence-corrected chi connectivity index (χ0v) is 12.5. The van der Waals surface area contributed by atoms with Gasteiger partial charge in [-0.3, -0.25) is 4.79 Å². The average molecular weight is 295 g/mol. The van der Waals surface area contributed by atoms with Gasteiger partial charge in [-0.05, 0) is 55.8 Å². The summed E-state index contributed by atoms with van der Waals surface area (Å²) in [4.78, 5) is 12.1. The monoisotopic (exact) mass is 294 g/mol. The number of hydrogen-bond donors (Lipinski definition) is 2. The van der Waals surface area contributed by atoms with Gasteiger partial charge in [0.05, 0.1) is 6.04 Å². The van der Waals surface area contributed by atoms with E-state index in [-0.39, 0.29) is 24.4 Å². The molecule has 1 heterocycles. The van der Waals surface area contributed by atoms with Gasteiger partial charge in [-0.15, -0.1) is 12.4 Å². The number of fused-ring (bicyclic) bond motifs is 1. The molecule has 20 heavy (non-hydrogen) atoms. The van der Waals surface area contributed by atoms with Crippen LogP contribution in [0.15, 0.2) is 24.3 Å². The highest BCUT2D eigenvalue weighted by molar-refractivity contribution is 5.85. The van der Waals surface area contributed by atoms with Gasteiger partial charge >= 0.3 is 0 Å². The van der Waals surface area contributed by atoms with Crippen LogP contribution in [0.1, 0.15) is 42.9 Å². The van der Waals surface area contributed by atoms with Crippen molar-refractivity contribution in [3.05, 3.63) is 35.4 Å². The number of halogens is 1. The van der Waals surface area contributed by atoms with Crippen LogP contribution >= 0.6 is 12.4 Å². The normalized spacial score (nSPS) is 21.9. The highest BCUT2D eigenvalue weighted by Gasteiger charge is 2.24. The smallest absolute Gasteiger partial charge is 0.220 e. The highest BCUT2D eigenvalue weighted by atomic mass is 35.5. The summed E-state index contributed by atoms with van der Waals surface area (Å²) in [6.07, 6.45) is 5.11. The summed E-state index contributed by atoms with van der Waals surface area (Å²) in [5.41, 5.74) is 2.72. The Bertz CT molecular complexity index is 458. The zero-order chi connectivity index (χ0) is 13.1. The van der Waals surface area contributed by atoms with Crippen molar-refractivity contribution in [1.82, 2.24) is 10.6 Å². The Kier molecular flexibility index (Phi) is 5.44. The highest BCUT2D eigenvalue weighted by Crippen LogP contribution is 2.31. The first-order valence-electron chi connectivity index (χ1n) is 7.41. The fourth-order valence-electron chi connectivity index (χ4n) is 3.31. The van der Waals surface area contributed by atoms with Crippen LogP contribution in [0.2, 0.25) is 0 Å². The van der Waals surface area contributed by atoms with E-state index in [0.29, 0.717) is 12.3 Å². The number of carbonyl (C=O) groups excluding carboxylic acids is 1. The third kappa shape index (κ3) is 3.53. The summed E-state index contributed by atoms with van der Waals surface area (Å²) in [7, 11) is 0. The molecule has 1 saturated heterocycles. The Morgan fingerprint density at radius 3 is 2.75 bits per heavy atom. The lowest BCUT2D eigenvalue weighted by atomic mass is 9.94. The van der Waals surface area contributed by atoms with Crippen molar-refractivity contribution in [3.8, 4) is 0 Å². The number of hydrogen-bond acceptors (Lipinski definition) is 2. The zero-order valence-electron chi connectivity index (χ0n) is 11.7. The van der Waals surface area contributed by atoms with Crippen LogP contribution in [0.3, 0.4) is 0 Å². The van der Waals surface area contributed by atoms with Gasteiger partial charge in [-0.25, -0.2) is 0 Å². The minimum absolute atomic E-state index is 0. The van der Waals surface area contributed by atoms with Crippen LogP contribution in [-0.2, 0) is 11.2 Å². The predicted octanol–water partition coefficient (Wildman–Crippen LogP) is 2.60. The minimum atomic E-state index is 0. The molecule has 0 spiro atoms. The Morgan fingerprint density at radius 1 is 1.20 bits per heavy atom. The number of carbonyl (C=O) groups is 1. The number of nitrogens with one attached hydrogen (secondary N) is 2. The fraction of sp³-hybridized carbons (Fsp3) is 0.562. The molecule has 0 saturated carbocycles. The van der Waals surface area contributed by atoms with Crippen molar-refractivity contribution < 1.29 is 4.79 Å². The Morgan fingerprint density at radius 2 is 1.95 bits per heavy atom. The minimum Gasteiger partial charge on any atom is -0.349 e. The van der Waals surface area contributed by atoms with Gasteiger partial charge in [0.1, 0.15) is 0 Å². The number of amides is 1. The first kappa shape index (κ1) is 15.3. The van der Waals surface area contributed by atoms with Crippen molar-refractivity contribution in [2.45, 2.75) is 38.1 Å². The molecular formula is C16H23ClN2O. The molecule has 1 aromatic carbocycles. The number of piperidine rings is 1. The lowest BCUT2D eigenvalue weighted by Gasteiger charge is -2.23. The molecular weight excluding hydrogens is 272 g/mol. The predicted molar refractivity (Wildman–Crippen MR) is 83.1 cm³/mol. The lowest BCUT2D eigenvalue weighted by molar-refractivity contribution is -0.122. The van der Waals surface area contributed by atoms with E-state index in [1.54, 1.807) is 0 Å². The molecule has 110 valence electrons. The summed E-state index contributed by atoms with van der Waals surface area (Å²) in [5, 5.41) is 6.57. The number of rotatable bonds is 3. The van der Waals surface area contributed by atoms with Crippen molar-refractivity contribution in [1.29, 1.82) is 0 Å². The van der Waals surface area contributed by atoms with Crippen molar-refractivity contribution >= 4 is 18.3 Å². The maximum absolute atomic E-state index is 12.1. The molecule has 0 radical (unpaired) electrons. The third-order valence-corrected chi connectivity index (χ3v) is 4.40. The molecule has 2 N–H and O–H groups in total. The van der Waals surface area contributed by atoms with Crippen LogP contribution < -0.4 is 10.6 Å². The molecule has 4 heteroatoms. The summed E-state index contributed by atoms with van der Waals surface area (Å²) in [6, 6.07) is 8.71. The van der Waals surface area contributed by atoms with Crippen molar-refractivity contribution in [2.75, 3.05) is 13.1 Å². The van der Waals surface area contributed by atoms with Crippen LogP contribution in [-0.4, -0.2) is 19.0 Å². The Labute approximate surface area is 126 Å². The van der Waals surface area contributed by atoms with Gasteiger partial charge < -0.3 is 10.6 Å². The van der Waals surface area contributed by atoms with Gasteiger partial charge in [-0.1, -0.05) is 24.3 Å². The quantitative estimate of drug-likeness (QED) is 0.900. The standard InChI is InChI=1S/C16H22N2O.ClH/c19-16(11-12-7-9-17-10-8-12)18-15-6-5-13-3-1-2-4-14(13)15;/h1-4,12,15,17H,5-11H2,(H,18,19);1H. The van der Waals surface area contributed by atoms with Gasteiger partial charge in [0.25, 0.3) is 0 Å². The van der Waals surface area contributed by atoms with E-state index in [1.807, 2.05) is 0 Å². The molecule has 1 aliphatic heterocycles. The van der Waals surface area contributed by atoms with Gasteiger partial charge in [0, 0.05) is 6.42 Å². The maximum Gasteiger partial charge on any atom is 0.220 e. The van der Waals surface area contributed by atoms with Crippen LogP contribution in [0, 0.1) is 5.92 Å². The second-order valence-electron chi connectivity index (χ2n) is 5.76. The number of benzene rings is 1. The van der Waals surface area contributed by atoms with E-state index in [9.17, 15) is 4.79 Å². The average Bonchev–Trinajstić information content (AvgIpc) is 2.83. The first-order valence-corrected chi connectivity index (χ1v) is 7.41. The van der Waals surface area contributed by atoms with E-state index in [0.717, 1.165) is 38.8 Å². The fourth-order valence-corrected chi connectivity index (χ4v) is 3.31. The summed E-state index contributed by atoms with van der Waals surface area (Å²) >= 11 is 0. The van der Waals surface area contributed by atoms with E-state index < -0.39 is 0 Å². The molecule has 1 fully saturated rings. The molecule has 3 nitrogen and oxygen atoms in total. The van der Waals surface area contributed by atoms with E-state index in [1.165, 1.54) is 11.1 Å². The van der Waals surface area contributed by atoms with Crippen LogP contribution in [0.4, 0.5) is 0 Å². The van der Waals surface area contributed by atoms with Gasteiger partial charge in [0.15, 0.2) is 0 Å². The SMILES string of the molecule is Cl.O=C(CC1CCNCC1)NC1CCc2ccccc21. The summed E-state index contributed by atoms with van der Waals surface area (Å²) < 4.78 is 0. The maximum atomic E-state index is 12.1. The molecule has 1 atom stereocenters. The lowest BCUT2D eigenvalue weighted by Crippen LogP contribution is -2.33. The summed E-state index contributed by atoms with van der Waals surface area (Å²) in [5.74, 6) is 0.798. The molecule has 1 aliphatic carbocycles. The number of aryl methyl sites for hydroxylation is 1. The molecule has 0 aromatic heterocycles. The third-order valence-electron chi connectivity index (χ3n) is 4.40. The van der Waals surface area contributed by atoms with Crippen molar-refractivity contribution in [3.63, 3.8) is 0 Å². The Hall–Kier alpha value is -1.06. The largest absolute Gasteiger partial charge is 0.349 e. The molecule has 1 unspecified atom stereocenters. The van der Waals surface area contributed by atoms with Crippen LogP contribution in [0.25, 0.3) is 0 Å². The second kappa shape index (κ2) is 7.09. The van der Waals surface area contributed by atoms with Gasteiger partial charge in [0.2, 0.25) is 5.91 Å². The van der Waals surface area contributed by atoms with Gasteiger partial charge in [-0.2, -0.15) is 0 Å². The molecule has 0 bridgehead atoms. The van der Waals surface area contributed by atoms with E-state index >= 15 is 0 Å². The van der Waals surface area contributed by atoms with Crippen molar-refractivity contribution in [2.24, 2.45) is 5.92 Å².